The van der Waals surface area contributed by atoms with Gasteiger partial charge in [-0.1, -0.05) is 0 Å². The molecular weight excluding hydrogens is 246 g/mol. The number of allylic oxidation sites excluding steroid dienone is 1. The average molecular weight is 255 g/mol. The van der Waals surface area contributed by atoms with E-state index in [2.05, 4.69) is 25.3 Å². The van der Waals surface area contributed by atoms with Gasteiger partial charge < -0.3 is 5.32 Å². The van der Waals surface area contributed by atoms with Gasteiger partial charge in [0.15, 0.2) is 5.13 Å². The highest BCUT2D eigenvalue weighted by Gasteiger charge is 2.27. The minimum Gasteiger partial charge on any atom is -0.300 e. The van der Waals surface area contributed by atoms with Crippen molar-refractivity contribution < 1.29 is 0 Å². The molecule has 18 heavy (non-hydrogen) atoms. The summed E-state index contributed by atoms with van der Waals surface area (Å²) in [5.74, 6) is 0.583. The molecule has 4 rings (SSSR count). The van der Waals surface area contributed by atoms with Crippen LogP contribution in [0.3, 0.4) is 0 Å². The molecule has 0 aromatic carbocycles. The summed E-state index contributed by atoms with van der Waals surface area (Å²) in [5.41, 5.74) is 3.68. The molecule has 6 heteroatoms. The number of nitrogens with zero attached hydrogens (tertiary/aromatic N) is 4. The van der Waals surface area contributed by atoms with Crippen LogP contribution in [0, 0.1) is 0 Å². The predicted molar refractivity (Wildman–Crippen MR) is 71.4 cm³/mol. The number of rotatable bonds is 2. The largest absolute Gasteiger partial charge is 0.300 e. The van der Waals surface area contributed by atoms with Crippen molar-refractivity contribution in [1.82, 2.24) is 15.0 Å². The Morgan fingerprint density at radius 2 is 2.11 bits per heavy atom. The molecule has 5 nitrogen and oxygen atoms in total. The third-order valence-corrected chi connectivity index (χ3v) is 3.97. The van der Waals surface area contributed by atoms with Crippen LogP contribution < -0.4 is 5.32 Å². The van der Waals surface area contributed by atoms with Crippen LogP contribution in [0.4, 0.5) is 11.1 Å². The highest BCUT2D eigenvalue weighted by atomic mass is 32.1. The zero-order valence-electron chi connectivity index (χ0n) is 9.42. The number of thiazole rings is 1. The minimum atomic E-state index is 0.583. The Labute approximate surface area is 107 Å². The van der Waals surface area contributed by atoms with Crippen LogP contribution in [-0.4, -0.2) is 27.7 Å². The Morgan fingerprint density at radius 1 is 1.22 bits per heavy atom. The van der Waals surface area contributed by atoms with E-state index in [0.717, 1.165) is 23.8 Å². The van der Waals surface area contributed by atoms with Gasteiger partial charge >= 0.3 is 0 Å². The van der Waals surface area contributed by atoms with Crippen molar-refractivity contribution in [3.63, 3.8) is 0 Å². The molecular formula is C12H9N5S. The first kappa shape index (κ1) is 9.90. The molecule has 0 radical (unpaired) electrons. The maximum Gasteiger partial charge on any atom is 0.228 e. The standard InChI is InChI=1S/C12H9N5S/c1-2-14-11(15-3-1)17-12-16-10-8-6-13-5-7(8)4-9(10)18-12/h1-3,6H,4-5H2,(H,14,15,16,17). The topological polar surface area (TPSA) is 63.1 Å². The van der Waals surface area contributed by atoms with Gasteiger partial charge in [-0.3, -0.25) is 4.99 Å². The van der Waals surface area contributed by atoms with Crippen LogP contribution in [0.2, 0.25) is 0 Å². The van der Waals surface area contributed by atoms with Gasteiger partial charge in [0.1, 0.15) is 0 Å². The van der Waals surface area contributed by atoms with E-state index in [9.17, 15) is 0 Å². The summed E-state index contributed by atoms with van der Waals surface area (Å²) in [4.78, 5) is 18.5. The number of hydrogen-bond donors (Lipinski definition) is 1. The molecule has 2 aliphatic rings. The Morgan fingerprint density at radius 3 is 3.00 bits per heavy atom. The van der Waals surface area contributed by atoms with Crippen molar-refractivity contribution in [1.29, 1.82) is 0 Å². The van der Waals surface area contributed by atoms with Crippen LogP contribution in [0.1, 0.15) is 10.6 Å². The van der Waals surface area contributed by atoms with Crippen LogP contribution in [0.5, 0.6) is 0 Å². The second kappa shape index (κ2) is 3.71. The summed E-state index contributed by atoms with van der Waals surface area (Å²) in [6, 6.07) is 1.79. The lowest BCUT2D eigenvalue weighted by Crippen LogP contribution is -1.95. The molecule has 0 saturated heterocycles. The van der Waals surface area contributed by atoms with Gasteiger partial charge in [0, 0.05) is 35.5 Å². The third-order valence-electron chi connectivity index (χ3n) is 2.99. The van der Waals surface area contributed by atoms with Gasteiger partial charge in [-0.05, 0) is 11.6 Å². The predicted octanol–water partition coefficient (Wildman–Crippen LogP) is 2.07. The molecule has 0 spiro atoms. The van der Waals surface area contributed by atoms with Crippen LogP contribution in [0.25, 0.3) is 5.57 Å². The van der Waals surface area contributed by atoms with Crippen LogP contribution >= 0.6 is 11.3 Å². The number of nitrogens with one attached hydrogen (secondary N) is 1. The number of hydrogen-bond acceptors (Lipinski definition) is 6. The lowest BCUT2D eigenvalue weighted by Gasteiger charge is -1.99. The molecule has 2 aromatic rings. The molecule has 0 fully saturated rings. The van der Waals surface area contributed by atoms with Crippen molar-refractivity contribution >= 4 is 34.2 Å². The molecule has 0 amide bonds. The quantitative estimate of drug-likeness (QED) is 0.892. The monoisotopic (exact) mass is 255 g/mol. The fourth-order valence-corrected chi connectivity index (χ4v) is 3.20. The van der Waals surface area contributed by atoms with Gasteiger partial charge in [-0.25, -0.2) is 15.0 Å². The first-order valence-electron chi connectivity index (χ1n) is 5.66. The van der Waals surface area contributed by atoms with Gasteiger partial charge in [0.2, 0.25) is 5.95 Å². The number of fused-ring (bicyclic) bond motifs is 2. The van der Waals surface area contributed by atoms with Crippen LogP contribution in [0.15, 0.2) is 29.0 Å². The summed E-state index contributed by atoms with van der Waals surface area (Å²) in [7, 11) is 0. The highest BCUT2D eigenvalue weighted by molar-refractivity contribution is 7.16. The fourth-order valence-electron chi connectivity index (χ4n) is 2.19. The van der Waals surface area contributed by atoms with E-state index in [1.54, 1.807) is 29.8 Å². The maximum absolute atomic E-state index is 4.61. The fraction of sp³-hybridized carbons (Fsp3) is 0.167. The lowest BCUT2D eigenvalue weighted by molar-refractivity contribution is 1.10. The summed E-state index contributed by atoms with van der Waals surface area (Å²) >= 11 is 1.67. The Bertz CT molecular complexity index is 671. The normalized spacial score (nSPS) is 16.0. The molecule has 1 aliphatic carbocycles. The van der Waals surface area contributed by atoms with E-state index in [-0.39, 0.29) is 0 Å². The van der Waals surface area contributed by atoms with Gasteiger partial charge in [0.25, 0.3) is 0 Å². The smallest absolute Gasteiger partial charge is 0.228 e. The number of aliphatic imine (C=N–C) groups is 1. The zero-order chi connectivity index (χ0) is 11.9. The Balaban J connectivity index is 1.66. The SMILES string of the molecule is C1=NCC2=C1c1nc(Nc3ncccn3)sc1C2. The van der Waals surface area contributed by atoms with Crippen molar-refractivity contribution in [2.24, 2.45) is 4.99 Å². The first-order valence-corrected chi connectivity index (χ1v) is 6.48. The lowest BCUT2D eigenvalue weighted by atomic mass is 10.2. The summed E-state index contributed by atoms with van der Waals surface area (Å²) in [5, 5.41) is 3.98. The second-order valence-corrected chi connectivity index (χ2v) is 5.24. The molecule has 2 aromatic heterocycles. The zero-order valence-corrected chi connectivity index (χ0v) is 10.2. The maximum atomic E-state index is 4.61. The van der Waals surface area contributed by atoms with Crippen LogP contribution in [-0.2, 0) is 6.42 Å². The first-order chi connectivity index (χ1) is 8.90. The number of aromatic nitrogens is 3. The van der Waals surface area contributed by atoms with Crippen molar-refractivity contribution in [2.45, 2.75) is 6.42 Å². The molecule has 0 saturated carbocycles. The molecule has 3 heterocycles. The minimum absolute atomic E-state index is 0.583. The van der Waals surface area contributed by atoms with E-state index >= 15 is 0 Å². The average Bonchev–Trinajstić information content (AvgIpc) is 3.02. The molecule has 1 N–H and O–H groups in total. The summed E-state index contributed by atoms with van der Waals surface area (Å²) in [6.07, 6.45) is 6.34. The van der Waals surface area contributed by atoms with E-state index in [0.29, 0.717) is 5.95 Å². The van der Waals surface area contributed by atoms with E-state index in [1.165, 1.54) is 16.0 Å². The van der Waals surface area contributed by atoms with E-state index < -0.39 is 0 Å². The van der Waals surface area contributed by atoms with Gasteiger partial charge in [-0.2, -0.15) is 0 Å². The third kappa shape index (κ3) is 1.46. The molecule has 88 valence electrons. The van der Waals surface area contributed by atoms with Crippen molar-refractivity contribution in [3.8, 4) is 0 Å². The van der Waals surface area contributed by atoms with E-state index in [1.807, 2.05) is 6.21 Å². The molecule has 1 aliphatic heterocycles. The van der Waals surface area contributed by atoms with Gasteiger partial charge in [0.05, 0.1) is 12.2 Å². The van der Waals surface area contributed by atoms with Crippen molar-refractivity contribution in [3.05, 3.63) is 34.6 Å². The molecule has 0 unspecified atom stereocenters. The Hall–Kier alpha value is -2.08. The van der Waals surface area contributed by atoms with Gasteiger partial charge in [-0.15, -0.1) is 11.3 Å². The second-order valence-electron chi connectivity index (χ2n) is 4.15. The van der Waals surface area contributed by atoms with Crippen molar-refractivity contribution in [2.75, 3.05) is 11.9 Å². The number of anilines is 2. The molecule has 0 bridgehead atoms. The van der Waals surface area contributed by atoms with E-state index in [4.69, 9.17) is 0 Å². The summed E-state index contributed by atoms with van der Waals surface area (Å²) in [6.45, 7) is 0.836. The Kier molecular flexibility index (Phi) is 2.04. The molecule has 0 atom stereocenters. The summed E-state index contributed by atoms with van der Waals surface area (Å²) < 4.78 is 0. The highest BCUT2D eigenvalue weighted by Crippen LogP contribution is 2.39.